The Morgan fingerprint density at radius 1 is 1.35 bits per heavy atom. The fourth-order valence-electron chi connectivity index (χ4n) is 2.57. The lowest BCUT2D eigenvalue weighted by molar-refractivity contribution is -0.117. The average molecular weight is 269 g/mol. The van der Waals surface area contributed by atoms with Gasteiger partial charge < -0.3 is 4.90 Å². The van der Waals surface area contributed by atoms with E-state index in [1.54, 1.807) is 17.3 Å². The van der Waals surface area contributed by atoms with E-state index in [4.69, 9.17) is 0 Å². The second-order valence-corrected chi connectivity index (χ2v) is 5.00. The van der Waals surface area contributed by atoms with Gasteiger partial charge in [0.05, 0.1) is 5.92 Å². The molecule has 102 valence electrons. The molecule has 20 heavy (non-hydrogen) atoms. The zero-order chi connectivity index (χ0) is 14.1. The van der Waals surface area contributed by atoms with Crippen molar-refractivity contribution in [1.82, 2.24) is 9.55 Å². The number of aryl methyl sites for hydroxylation is 1. The summed E-state index contributed by atoms with van der Waals surface area (Å²) in [6, 6.07) is 7.72. The van der Waals surface area contributed by atoms with Gasteiger partial charge in [0.15, 0.2) is 0 Å². The molecule has 1 aromatic heterocycles. The van der Waals surface area contributed by atoms with Crippen LogP contribution < -0.4 is 4.90 Å². The van der Waals surface area contributed by atoms with E-state index in [9.17, 15) is 9.59 Å². The zero-order valence-corrected chi connectivity index (χ0v) is 11.2. The van der Waals surface area contributed by atoms with Crippen molar-refractivity contribution in [2.45, 2.75) is 13.3 Å². The highest BCUT2D eigenvalue weighted by Gasteiger charge is 2.36. The quantitative estimate of drug-likeness (QED) is 0.836. The number of anilines is 1. The molecule has 0 bridgehead atoms. The Kier molecular flexibility index (Phi) is 3.10. The predicted octanol–water partition coefficient (Wildman–Crippen LogP) is 1.88. The maximum atomic E-state index is 12.3. The zero-order valence-electron chi connectivity index (χ0n) is 11.2. The molecule has 1 amide bonds. The van der Waals surface area contributed by atoms with Gasteiger partial charge in [-0.05, 0) is 18.6 Å². The number of imidazole rings is 1. The van der Waals surface area contributed by atoms with Gasteiger partial charge in [-0.2, -0.15) is 0 Å². The van der Waals surface area contributed by atoms with Gasteiger partial charge in [0.2, 0.25) is 11.8 Å². The highest BCUT2D eigenvalue weighted by Crippen LogP contribution is 2.28. The van der Waals surface area contributed by atoms with Crippen LogP contribution in [0.5, 0.6) is 0 Å². The van der Waals surface area contributed by atoms with Crippen LogP contribution in [0.2, 0.25) is 0 Å². The molecule has 0 aliphatic carbocycles. The third-order valence-corrected chi connectivity index (χ3v) is 3.64. The molecule has 1 fully saturated rings. The van der Waals surface area contributed by atoms with Crippen molar-refractivity contribution in [2.24, 2.45) is 5.92 Å². The Bertz CT molecular complexity index is 649. The van der Waals surface area contributed by atoms with Crippen molar-refractivity contribution in [1.29, 1.82) is 0 Å². The van der Waals surface area contributed by atoms with Crippen molar-refractivity contribution in [3.8, 4) is 0 Å². The number of para-hydroxylation sites is 1. The van der Waals surface area contributed by atoms with Gasteiger partial charge >= 0.3 is 0 Å². The van der Waals surface area contributed by atoms with E-state index in [2.05, 4.69) is 4.98 Å². The summed E-state index contributed by atoms with van der Waals surface area (Å²) in [5.74, 6) is -0.388. The van der Waals surface area contributed by atoms with E-state index >= 15 is 0 Å². The summed E-state index contributed by atoms with van der Waals surface area (Å²) < 4.78 is 1.44. The van der Waals surface area contributed by atoms with Crippen LogP contribution in [-0.4, -0.2) is 27.9 Å². The number of amides is 1. The Morgan fingerprint density at radius 2 is 2.15 bits per heavy atom. The molecule has 1 aliphatic rings. The van der Waals surface area contributed by atoms with Crippen LogP contribution in [-0.2, 0) is 4.79 Å². The summed E-state index contributed by atoms with van der Waals surface area (Å²) in [5.41, 5.74) is 1.93. The third kappa shape index (κ3) is 2.11. The summed E-state index contributed by atoms with van der Waals surface area (Å²) in [4.78, 5) is 30.0. The number of carbonyl (C=O) groups is 2. The number of hydrogen-bond donors (Lipinski definition) is 0. The fraction of sp³-hybridized carbons (Fsp3) is 0.267. The number of nitrogens with zero attached hydrogens (tertiary/aromatic N) is 3. The first-order chi connectivity index (χ1) is 9.66. The minimum Gasteiger partial charge on any atom is -0.311 e. The second kappa shape index (κ2) is 4.92. The molecule has 1 aliphatic heterocycles. The normalized spacial score (nSPS) is 18.6. The first kappa shape index (κ1) is 12.6. The maximum absolute atomic E-state index is 12.3. The summed E-state index contributed by atoms with van der Waals surface area (Å²) >= 11 is 0. The van der Waals surface area contributed by atoms with Gasteiger partial charge in [-0.15, -0.1) is 0 Å². The number of hydrogen-bond acceptors (Lipinski definition) is 3. The van der Waals surface area contributed by atoms with Crippen LogP contribution in [0.15, 0.2) is 43.0 Å². The van der Waals surface area contributed by atoms with Gasteiger partial charge in [-0.1, -0.05) is 18.2 Å². The highest BCUT2D eigenvalue weighted by molar-refractivity contribution is 6.01. The highest BCUT2D eigenvalue weighted by atomic mass is 16.2. The first-order valence-electron chi connectivity index (χ1n) is 6.55. The molecule has 1 saturated heterocycles. The van der Waals surface area contributed by atoms with Crippen LogP contribution in [0.3, 0.4) is 0 Å². The van der Waals surface area contributed by atoms with Gasteiger partial charge in [-0.25, -0.2) is 4.98 Å². The van der Waals surface area contributed by atoms with E-state index in [0.717, 1.165) is 11.3 Å². The summed E-state index contributed by atoms with van der Waals surface area (Å²) in [5, 5.41) is 0. The molecule has 1 unspecified atom stereocenters. The van der Waals surface area contributed by atoms with Crippen LogP contribution in [0.4, 0.5) is 5.69 Å². The molecule has 5 heteroatoms. The molecule has 3 rings (SSSR count). The molecule has 2 aromatic rings. The molecular formula is C15H15N3O2. The van der Waals surface area contributed by atoms with Gasteiger partial charge in [0, 0.05) is 31.0 Å². The largest absolute Gasteiger partial charge is 0.311 e. The second-order valence-electron chi connectivity index (χ2n) is 5.00. The summed E-state index contributed by atoms with van der Waals surface area (Å²) in [6.45, 7) is 2.40. The van der Waals surface area contributed by atoms with E-state index < -0.39 is 0 Å². The Labute approximate surface area is 116 Å². The van der Waals surface area contributed by atoms with Crippen LogP contribution in [0.25, 0.3) is 0 Å². The third-order valence-electron chi connectivity index (χ3n) is 3.64. The van der Waals surface area contributed by atoms with Crippen LogP contribution in [0, 0.1) is 12.8 Å². The van der Waals surface area contributed by atoms with Gasteiger partial charge in [0.1, 0.15) is 6.33 Å². The lowest BCUT2D eigenvalue weighted by atomic mass is 10.1. The minimum atomic E-state index is -0.309. The first-order valence-corrected chi connectivity index (χ1v) is 6.55. The minimum absolute atomic E-state index is 0.00207. The molecule has 0 N–H and O–H groups in total. The molecule has 2 heterocycles. The monoisotopic (exact) mass is 269 g/mol. The van der Waals surface area contributed by atoms with E-state index in [0.29, 0.717) is 6.54 Å². The number of rotatable bonds is 2. The Morgan fingerprint density at radius 3 is 2.85 bits per heavy atom. The smallest absolute Gasteiger partial charge is 0.237 e. The van der Waals surface area contributed by atoms with Crippen LogP contribution in [0.1, 0.15) is 16.8 Å². The summed E-state index contributed by atoms with van der Waals surface area (Å²) in [7, 11) is 0. The molecule has 1 atom stereocenters. The lowest BCUT2D eigenvalue weighted by Crippen LogP contribution is -2.27. The van der Waals surface area contributed by atoms with Gasteiger partial charge in [-0.3, -0.25) is 14.2 Å². The van der Waals surface area contributed by atoms with Crippen molar-refractivity contribution in [3.63, 3.8) is 0 Å². The molecular weight excluding hydrogens is 254 g/mol. The summed E-state index contributed by atoms with van der Waals surface area (Å²) in [6.07, 6.45) is 4.91. The Hall–Kier alpha value is -2.43. The van der Waals surface area contributed by atoms with Crippen molar-refractivity contribution < 1.29 is 9.59 Å². The van der Waals surface area contributed by atoms with Crippen molar-refractivity contribution >= 4 is 17.5 Å². The van der Waals surface area contributed by atoms with E-state index in [1.165, 1.54) is 10.9 Å². The van der Waals surface area contributed by atoms with Gasteiger partial charge in [0.25, 0.3) is 0 Å². The number of benzene rings is 1. The number of aromatic nitrogens is 2. The molecule has 0 radical (unpaired) electrons. The van der Waals surface area contributed by atoms with Crippen molar-refractivity contribution in [3.05, 3.63) is 48.5 Å². The average Bonchev–Trinajstić information content (AvgIpc) is 3.08. The fourth-order valence-corrected chi connectivity index (χ4v) is 2.57. The van der Waals surface area contributed by atoms with Crippen LogP contribution >= 0.6 is 0 Å². The molecule has 0 saturated carbocycles. The molecule has 0 spiro atoms. The number of carbonyl (C=O) groups excluding carboxylic acids is 2. The molecule has 1 aromatic carbocycles. The van der Waals surface area contributed by atoms with E-state index in [1.807, 2.05) is 31.2 Å². The topological polar surface area (TPSA) is 55.2 Å². The van der Waals surface area contributed by atoms with E-state index in [-0.39, 0.29) is 24.2 Å². The predicted molar refractivity (Wildman–Crippen MR) is 74.5 cm³/mol. The maximum Gasteiger partial charge on any atom is 0.237 e. The van der Waals surface area contributed by atoms with Crippen molar-refractivity contribution in [2.75, 3.05) is 11.4 Å². The lowest BCUT2D eigenvalue weighted by Gasteiger charge is -2.18. The Balaban J connectivity index is 1.83. The standard InChI is InChI=1S/C15H15N3O2/c1-11-4-2-3-5-13(11)18-9-12(8-14(18)19)15(20)17-7-6-16-10-17/h2-7,10,12H,8-9H2,1H3. The SMILES string of the molecule is Cc1ccccc1N1CC(C(=O)n2ccnc2)CC1=O. The molecule has 5 nitrogen and oxygen atoms in total.